The molecule has 0 saturated heterocycles. The number of hydrogen-bond acceptors (Lipinski definition) is 3. The summed E-state index contributed by atoms with van der Waals surface area (Å²) in [6.07, 6.45) is 1.15. The Hall–Kier alpha value is -2.11. The predicted molar refractivity (Wildman–Crippen MR) is 48.4 cm³/mol. The molecule has 6 heteroatoms. The molecule has 0 aliphatic carbocycles. The second-order valence-corrected chi connectivity index (χ2v) is 2.91. The van der Waals surface area contributed by atoms with Gasteiger partial charge in [0.2, 0.25) is 0 Å². The van der Waals surface area contributed by atoms with Gasteiger partial charge in [0, 0.05) is 11.9 Å². The van der Waals surface area contributed by atoms with Crippen LogP contribution in [0.5, 0.6) is 0 Å². The molecule has 0 saturated carbocycles. The Morgan fingerprint density at radius 3 is 2.93 bits per heavy atom. The molecule has 0 aromatic carbocycles. The lowest BCUT2D eigenvalue weighted by atomic mass is 10.2. The second kappa shape index (κ2) is 2.69. The van der Waals surface area contributed by atoms with Crippen LogP contribution in [0.4, 0.5) is 0 Å². The number of pyridine rings is 1. The van der Waals surface area contributed by atoms with Gasteiger partial charge in [0.05, 0.1) is 5.39 Å². The molecule has 3 N–H and O–H groups in total. The number of aromatic carboxylic acids is 1. The average molecular weight is 193 g/mol. The standard InChI is InChI=1S/C8H7N3O3/c1-3-5-6(11-10-3)4(8(13)14)2-9-7(5)12/h2H,1H3,(H,9,12)(H,10,11)(H,13,14). The van der Waals surface area contributed by atoms with Gasteiger partial charge in [-0.3, -0.25) is 9.89 Å². The van der Waals surface area contributed by atoms with Gasteiger partial charge >= 0.3 is 5.97 Å². The van der Waals surface area contributed by atoms with Crippen molar-refractivity contribution >= 4 is 16.9 Å². The van der Waals surface area contributed by atoms with Gasteiger partial charge in [0.1, 0.15) is 11.1 Å². The Morgan fingerprint density at radius 2 is 2.29 bits per heavy atom. The average Bonchev–Trinajstić information content (AvgIpc) is 2.49. The SMILES string of the molecule is Cc1[nH]nc2c(C(=O)O)c[nH]c(=O)c12. The van der Waals surface area contributed by atoms with Crippen LogP contribution < -0.4 is 5.56 Å². The van der Waals surface area contributed by atoms with Gasteiger partial charge in [-0.2, -0.15) is 5.10 Å². The van der Waals surface area contributed by atoms with Crippen LogP contribution in [0.25, 0.3) is 10.9 Å². The summed E-state index contributed by atoms with van der Waals surface area (Å²) in [6.45, 7) is 1.66. The largest absolute Gasteiger partial charge is 0.478 e. The summed E-state index contributed by atoms with van der Waals surface area (Å²) in [5, 5.41) is 15.5. The van der Waals surface area contributed by atoms with E-state index in [9.17, 15) is 9.59 Å². The van der Waals surface area contributed by atoms with E-state index in [1.807, 2.05) is 0 Å². The number of aromatic nitrogens is 3. The Bertz CT molecular complexity index is 567. The monoisotopic (exact) mass is 193 g/mol. The number of fused-ring (bicyclic) bond motifs is 1. The second-order valence-electron chi connectivity index (χ2n) is 2.91. The summed E-state index contributed by atoms with van der Waals surface area (Å²) >= 11 is 0. The van der Waals surface area contributed by atoms with Crippen molar-refractivity contribution in [3.05, 3.63) is 27.8 Å². The van der Waals surface area contributed by atoms with Gasteiger partial charge in [-0.1, -0.05) is 0 Å². The van der Waals surface area contributed by atoms with E-state index in [0.29, 0.717) is 11.1 Å². The molecule has 0 unspecified atom stereocenters. The summed E-state index contributed by atoms with van der Waals surface area (Å²) < 4.78 is 0. The number of carboxylic acid groups (broad SMARTS) is 1. The number of aromatic amines is 2. The topological polar surface area (TPSA) is 98.8 Å². The highest BCUT2D eigenvalue weighted by Gasteiger charge is 2.14. The molecule has 0 aliphatic rings. The van der Waals surface area contributed by atoms with Crippen molar-refractivity contribution in [3.8, 4) is 0 Å². The van der Waals surface area contributed by atoms with Crippen molar-refractivity contribution in [2.45, 2.75) is 6.92 Å². The highest BCUT2D eigenvalue weighted by molar-refractivity contribution is 6.01. The predicted octanol–water partition coefficient (Wildman–Crippen LogP) is 0.258. The van der Waals surface area contributed by atoms with Crippen molar-refractivity contribution in [3.63, 3.8) is 0 Å². The van der Waals surface area contributed by atoms with Crippen molar-refractivity contribution < 1.29 is 9.90 Å². The molecular formula is C8H7N3O3. The first-order chi connectivity index (χ1) is 6.61. The minimum Gasteiger partial charge on any atom is -0.478 e. The van der Waals surface area contributed by atoms with Crippen molar-refractivity contribution in [1.29, 1.82) is 0 Å². The van der Waals surface area contributed by atoms with Crippen LogP contribution in [0.3, 0.4) is 0 Å². The molecular weight excluding hydrogens is 186 g/mol. The molecule has 0 atom stereocenters. The third-order valence-corrected chi connectivity index (χ3v) is 2.01. The lowest BCUT2D eigenvalue weighted by Gasteiger charge is -1.94. The number of hydrogen-bond donors (Lipinski definition) is 3. The van der Waals surface area contributed by atoms with E-state index in [4.69, 9.17) is 5.11 Å². The normalized spacial score (nSPS) is 10.6. The maximum absolute atomic E-state index is 11.3. The zero-order valence-electron chi connectivity index (χ0n) is 7.29. The van der Waals surface area contributed by atoms with Crippen LogP contribution in [0.15, 0.2) is 11.0 Å². The number of rotatable bonds is 1. The minimum absolute atomic E-state index is 0.0102. The van der Waals surface area contributed by atoms with E-state index in [0.717, 1.165) is 6.20 Å². The van der Waals surface area contributed by atoms with E-state index in [1.54, 1.807) is 6.92 Å². The van der Waals surface area contributed by atoms with E-state index < -0.39 is 5.97 Å². The molecule has 72 valence electrons. The first kappa shape index (κ1) is 8.49. The molecule has 2 rings (SSSR count). The highest BCUT2D eigenvalue weighted by atomic mass is 16.4. The fraction of sp³-hybridized carbons (Fsp3) is 0.125. The summed E-state index contributed by atoms with van der Waals surface area (Å²) in [6, 6.07) is 0. The fourth-order valence-electron chi connectivity index (χ4n) is 1.34. The third kappa shape index (κ3) is 1.00. The first-order valence-electron chi connectivity index (χ1n) is 3.91. The summed E-state index contributed by atoms with van der Waals surface area (Å²) in [4.78, 5) is 24.4. The van der Waals surface area contributed by atoms with Crippen molar-refractivity contribution in [2.75, 3.05) is 0 Å². The fourth-order valence-corrected chi connectivity index (χ4v) is 1.34. The molecule has 0 radical (unpaired) electrons. The Balaban J connectivity index is 2.98. The number of carbonyl (C=O) groups is 1. The van der Waals surface area contributed by atoms with E-state index in [-0.39, 0.29) is 16.6 Å². The van der Waals surface area contributed by atoms with Crippen LogP contribution in [-0.2, 0) is 0 Å². The molecule has 0 bridgehead atoms. The summed E-state index contributed by atoms with van der Waals surface area (Å²) in [5.41, 5.74) is 0.406. The third-order valence-electron chi connectivity index (χ3n) is 2.01. The van der Waals surface area contributed by atoms with Gasteiger partial charge in [-0.15, -0.1) is 0 Å². The number of nitrogens with zero attached hydrogens (tertiary/aromatic N) is 1. The van der Waals surface area contributed by atoms with Gasteiger partial charge in [-0.25, -0.2) is 4.79 Å². The van der Waals surface area contributed by atoms with Gasteiger partial charge in [0.15, 0.2) is 0 Å². The number of aryl methyl sites for hydroxylation is 1. The molecule has 6 nitrogen and oxygen atoms in total. The quantitative estimate of drug-likeness (QED) is 0.604. The Labute approximate surface area is 77.6 Å². The molecule has 2 aromatic rings. The van der Waals surface area contributed by atoms with Crippen molar-refractivity contribution in [1.82, 2.24) is 15.2 Å². The first-order valence-corrected chi connectivity index (χ1v) is 3.91. The summed E-state index contributed by atoms with van der Waals surface area (Å²) in [7, 11) is 0. The number of carboxylic acids is 1. The lowest BCUT2D eigenvalue weighted by Crippen LogP contribution is -2.09. The minimum atomic E-state index is -1.11. The molecule has 2 aromatic heterocycles. The Morgan fingerprint density at radius 1 is 1.57 bits per heavy atom. The van der Waals surface area contributed by atoms with Crippen LogP contribution in [0, 0.1) is 6.92 Å². The Kier molecular flexibility index (Phi) is 1.63. The smallest absolute Gasteiger partial charge is 0.339 e. The van der Waals surface area contributed by atoms with Crippen LogP contribution >= 0.6 is 0 Å². The molecule has 14 heavy (non-hydrogen) atoms. The summed E-state index contributed by atoms with van der Waals surface area (Å²) in [5.74, 6) is -1.11. The number of nitrogens with one attached hydrogen (secondary N) is 2. The van der Waals surface area contributed by atoms with E-state index in [1.165, 1.54) is 0 Å². The molecule has 0 aliphatic heterocycles. The van der Waals surface area contributed by atoms with Crippen LogP contribution in [-0.4, -0.2) is 26.3 Å². The van der Waals surface area contributed by atoms with E-state index in [2.05, 4.69) is 15.2 Å². The molecule has 2 heterocycles. The van der Waals surface area contributed by atoms with Gasteiger partial charge < -0.3 is 10.1 Å². The maximum Gasteiger partial charge on any atom is 0.339 e. The van der Waals surface area contributed by atoms with E-state index >= 15 is 0 Å². The lowest BCUT2D eigenvalue weighted by molar-refractivity contribution is 0.0698. The van der Waals surface area contributed by atoms with Gasteiger partial charge in [-0.05, 0) is 6.92 Å². The number of H-pyrrole nitrogens is 2. The van der Waals surface area contributed by atoms with Gasteiger partial charge in [0.25, 0.3) is 5.56 Å². The van der Waals surface area contributed by atoms with Crippen molar-refractivity contribution in [2.24, 2.45) is 0 Å². The molecule has 0 fully saturated rings. The maximum atomic E-state index is 11.3. The van der Waals surface area contributed by atoms with Crippen LogP contribution in [0.1, 0.15) is 16.1 Å². The molecule has 0 spiro atoms. The zero-order valence-corrected chi connectivity index (χ0v) is 7.29. The van der Waals surface area contributed by atoms with Crippen LogP contribution in [0.2, 0.25) is 0 Å². The highest BCUT2D eigenvalue weighted by Crippen LogP contribution is 2.13. The molecule has 0 amide bonds. The zero-order chi connectivity index (χ0) is 10.3.